The van der Waals surface area contributed by atoms with Gasteiger partial charge in [-0.15, -0.1) is 0 Å². The molecular weight excluding hydrogens is 352 g/mol. The predicted molar refractivity (Wildman–Crippen MR) is 91.2 cm³/mol. The minimum Gasteiger partial charge on any atom is -0.464 e. The summed E-state index contributed by atoms with van der Waals surface area (Å²) in [6.45, 7) is 1.71. The molecule has 6 rings (SSSR count). The second kappa shape index (κ2) is 5.94. The second-order valence-corrected chi connectivity index (χ2v) is 7.03. The Bertz CT molecular complexity index is 883. The van der Waals surface area contributed by atoms with E-state index in [-0.39, 0.29) is 37.8 Å². The van der Waals surface area contributed by atoms with Crippen LogP contribution in [0.3, 0.4) is 0 Å². The summed E-state index contributed by atoms with van der Waals surface area (Å²) < 4.78 is 39.8. The van der Waals surface area contributed by atoms with Gasteiger partial charge in [0.25, 0.3) is 0 Å². The van der Waals surface area contributed by atoms with Gasteiger partial charge in [0.15, 0.2) is 23.0 Å². The van der Waals surface area contributed by atoms with E-state index in [4.69, 9.17) is 33.2 Å². The predicted octanol–water partition coefficient (Wildman–Crippen LogP) is 2.88. The van der Waals surface area contributed by atoms with E-state index in [2.05, 4.69) is 0 Å². The summed E-state index contributed by atoms with van der Waals surface area (Å²) in [6, 6.07) is 11.5. The molecule has 2 saturated heterocycles. The molecule has 0 aromatic heterocycles. The molecule has 0 spiro atoms. The van der Waals surface area contributed by atoms with Crippen LogP contribution in [0, 0.1) is 11.8 Å². The van der Waals surface area contributed by atoms with Crippen LogP contribution in [0.25, 0.3) is 0 Å². The van der Waals surface area contributed by atoms with E-state index in [0.717, 1.165) is 22.8 Å². The number of fused-ring (bicyclic) bond motifs is 3. The van der Waals surface area contributed by atoms with Crippen molar-refractivity contribution >= 4 is 0 Å². The molecule has 4 aliphatic heterocycles. The summed E-state index contributed by atoms with van der Waals surface area (Å²) in [6.07, 6.45) is -0.371. The fourth-order valence-electron chi connectivity index (χ4n) is 4.15. The molecule has 0 N–H and O–H groups in total. The summed E-state index contributed by atoms with van der Waals surface area (Å²) in [5, 5.41) is 0. The van der Waals surface area contributed by atoms with Gasteiger partial charge in [0, 0.05) is 12.0 Å². The van der Waals surface area contributed by atoms with Crippen molar-refractivity contribution in [3.8, 4) is 28.7 Å². The van der Waals surface area contributed by atoms with Gasteiger partial charge in [-0.2, -0.15) is 0 Å². The molecule has 2 aromatic carbocycles. The van der Waals surface area contributed by atoms with Gasteiger partial charge in [0.2, 0.25) is 19.9 Å². The van der Waals surface area contributed by atoms with Gasteiger partial charge < -0.3 is 33.2 Å². The average Bonchev–Trinajstić information content (AvgIpc) is 3.46. The number of ether oxygens (including phenoxy) is 7. The molecule has 4 atom stereocenters. The Balaban J connectivity index is 1.19. The molecule has 0 radical (unpaired) electrons. The highest BCUT2D eigenvalue weighted by Gasteiger charge is 2.49. The molecule has 0 unspecified atom stereocenters. The normalized spacial score (nSPS) is 29.8. The maximum Gasteiger partial charge on any atom is 0.231 e. The monoisotopic (exact) mass is 370 g/mol. The highest BCUT2D eigenvalue weighted by Crippen LogP contribution is 2.47. The van der Waals surface area contributed by atoms with Crippen LogP contribution in [0.2, 0.25) is 0 Å². The molecule has 0 amide bonds. The molecule has 2 aromatic rings. The Morgan fingerprint density at radius 3 is 2.26 bits per heavy atom. The van der Waals surface area contributed by atoms with Crippen molar-refractivity contribution in [1.82, 2.24) is 0 Å². The summed E-state index contributed by atoms with van der Waals surface area (Å²) in [7, 11) is 0. The lowest BCUT2D eigenvalue weighted by molar-refractivity contribution is -0.0788. The van der Waals surface area contributed by atoms with Crippen LogP contribution in [0.15, 0.2) is 36.4 Å². The smallest absolute Gasteiger partial charge is 0.231 e. The van der Waals surface area contributed by atoms with Crippen molar-refractivity contribution in [3.63, 3.8) is 0 Å². The lowest BCUT2D eigenvalue weighted by Crippen LogP contribution is -2.26. The highest BCUT2D eigenvalue weighted by molar-refractivity contribution is 5.47. The van der Waals surface area contributed by atoms with E-state index < -0.39 is 0 Å². The van der Waals surface area contributed by atoms with Gasteiger partial charge in [-0.25, -0.2) is 0 Å². The number of benzene rings is 2. The number of hydrogen-bond acceptors (Lipinski definition) is 7. The van der Waals surface area contributed by atoms with E-state index in [0.29, 0.717) is 24.7 Å². The average molecular weight is 370 g/mol. The summed E-state index contributed by atoms with van der Waals surface area (Å²) in [4.78, 5) is 0. The SMILES string of the molecule is c1cc2c(cc1O[C@@H]1OC[C@H]3[C@@H]1CO[C@@H]3c1ccc3c(c1)OCO3)OCO2. The van der Waals surface area contributed by atoms with Crippen LogP contribution in [0.1, 0.15) is 11.7 Å². The van der Waals surface area contributed by atoms with Gasteiger partial charge in [-0.3, -0.25) is 0 Å². The fraction of sp³-hybridized carbons (Fsp3) is 0.400. The molecule has 0 aliphatic carbocycles. The van der Waals surface area contributed by atoms with Crippen LogP contribution >= 0.6 is 0 Å². The van der Waals surface area contributed by atoms with Gasteiger partial charge in [0.05, 0.1) is 25.2 Å². The van der Waals surface area contributed by atoms with Crippen LogP contribution in [-0.2, 0) is 9.47 Å². The Morgan fingerprint density at radius 2 is 1.41 bits per heavy atom. The lowest BCUT2D eigenvalue weighted by atomic mass is 9.89. The van der Waals surface area contributed by atoms with Gasteiger partial charge >= 0.3 is 0 Å². The van der Waals surface area contributed by atoms with E-state index in [1.807, 2.05) is 36.4 Å². The molecule has 27 heavy (non-hydrogen) atoms. The van der Waals surface area contributed by atoms with Crippen molar-refractivity contribution < 1.29 is 33.2 Å². The fourth-order valence-corrected chi connectivity index (χ4v) is 4.15. The first-order valence-electron chi connectivity index (χ1n) is 9.04. The third-order valence-corrected chi connectivity index (χ3v) is 5.53. The molecular formula is C20H18O7. The van der Waals surface area contributed by atoms with Crippen LogP contribution in [0.4, 0.5) is 0 Å². The molecule has 7 heteroatoms. The number of hydrogen-bond donors (Lipinski definition) is 0. The van der Waals surface area contributed by atoms with E-state index in [1.54, 1.807) is 0 Å². The van der Waals surface area contributed by atoms with Gasteiger partial charge in [-0.05, 0) is 29.8 Å². The Hall–Kier alpha value is -2.64. The van der Waals surface area contributed by atoms with E-state index >= 15 is 0 Å². The minimum absolute atomic E-state index is 0.0325. The summed E-state index contributed by atoms with van der Waals surface area (Å²) in [5.41, 5.74) is 1.08. The van der Waals surface area contributed by atoms with Crippen molar-refractivity contribution in [2.75, 3.05) is 26.8 Å². The first-order chi connectivity index (χ1) is 13.3. The molecule has 0 saturated carbocycles. The lowest BCUT2D eigenvalue weighted by Gasteiger charge is -2.18. The van der Waals surface area contributed by atoms with Crippen molar-refractivity contribution in [2.45, 2.75) is 12.4 Å². The zero-order valence-electron chi connectivity index (χ0n) is 14.5. The largest absolute Gasteiger partial charge is 0.464 e. The minimum atomic E-state index is -0.339. The maximum absolute atomic E-state index is 6.11. The second-order valence-electron chi connectivity index (χ2n) is 7.03. The zero-order chi connectivity index (χ0) is 17.8. The Morgan fingerprint density at radius 1 is 0.704 bits per heavy atom. The maximum atomic E-state index is 6.11. The highest BCUT2D eigenvalue weighted by atomic mass is 16.7. The first kappa shape index (κ1) is 15.4. The first-order valence-corrected chi connectivity index (χ1v) is 9.04. The summed E-state index contributed by atoms with van der Waals surface area (Å²) in [5.74, 6) is 4.10. The van der Waals surface area contributed by atoms with E-state index in [9.17, 15) is 0 Å². The Labute approximate surface area is 155 Å². The van der Waals surface area contributed by atoms with Crippen molar-refractivity contribution in [1.29, 1.82) is 0 Å². The van der Waals surface area contributed by atoms with Crippen LogP contribution < -0.4 is 23.7 Å². The third kappa shape index (κ3) is 2.49. The van der Waals surface area contributed by atoms with E-state index in [1.165, 1.54) is 0 Å². The molecule has 4 aliphatic rings. The molecule has 2 fully saturated rings. The zero-order valence-corrected chi connectivity index (χ0v) is 14.5. The summed E-state index contributed by atoms with van der Waals surface area (Å²) >= 11 is 0. The van der Waals surface area contributed by atoms with Crippen LogP contribution in [0.5, 0.6) is 28.7 Å². The topological polar surface area (TPSA) is 64.6 Å². The molecule has 0 bridgehead atoms. The van der Waals surface area contributed by atoms with Gasteiger partial charge in [0.1, 0.15) is 5.75 Å². The van der Waals surface area contributed by atoms with Crippen molar-refractivity contribution in [2.24, 2.45) is 11.8 Å². The molecule has 7 nitrogen and oxygen atoms in total. The van der Waals surface area contributed by atoms with Crippen LogP contribution in [-0.4, -0.2) is 33.1 Å². The van der Waals surface area contributed by atoms with Gasteiger partial charge in [-0.1, -0.05) is 6.07 Å². The Kier molecular flexibility index (Phi) is 3.39. The quantitative estimate of drug-likeness (QED) is 0.823. The van der Waals surface area contributed by atoms with Crippen molar-refractivity contribution in [3.05, 3.63) is 42.0 Å². The number of rotatable bonds is 3. The standard InChI is InChI=1S/C20H18O7/c1-3-15-17(25-9-23-15)5-11(1)19-13-7-22-20(14(13)8-21-19)27-12-2-4-16-18(6-12)26-10-24-16/h1-6,13-14,19-20H,7-10H2/t13-,14-,19+,20-/m0/s1. The molecule has 140 valence electrons. The molecule has 4 heterocycles. The third-order valence-electron chi connectivity index (χ3n) is 5.53.